The molecule has 17 heavy (non-hydrogen) atoms. The Labute approximate surface area is 152 Å². The average molecular weight is 628 g/mol. The van der Waals surface area contributed by atoms with Gasteiger partial charge in [0.25, 0.3) is 0 Å². The summed E-state index contributed by atoms with van der Waals surface area (Å²) in [5.41, 5.74) is 0. The van der Waals surface area contributed by atoms with E-state index in [1.807, 2.05) is 0 Å². The third-order valence-electron chi connectivity index (χ3n) is 3.29. The van der Waals surface area contributed by atoms with Crippen LogP contribution in [0.1, 0.15) is 12.8 Å². The first kappa shape index (κ1) is 15.2. The van der Waals surface area contributed by atoms with Crippen LogP contribution < -0.4 is 0 Å². The van der Waals surface area contributed by atoms with Crippen LogP contribution in [0.4, 0.5) is 0 Å². The van der Waals surface area contributed by atoms with Crippen LogP contribution in [0.25, 0.3) is 0 Å². The molecule has 0 nitrogen and oxygen atoms in total. The Balaban J connectivity index is 1.43. The summed E-state index contributed by atoms with van der Waals surface area (Å²) in [6, 6.07) is 0. The summed E-state index contributed by atoms with van der Waals surface area (Å²) in [6.07, 6.45) is 3.13. The first-order valence-electron chi connectivity index (χ1n) is 6.09. The van der Waals surface area contributed by atoms with E-state index in [1.165, 1.54) is 20.0 Å². The van der Waals surface area contributed by atoms with Crippen LogP contribution in [0.3, 0.4) is 0 Å². The van der Waals surface area contributed by atoms with Crippen molar-refractivity contribution >= 4 is 98.0 Å². The van der Waals surface area contributed by atoms with Crippen LogP contribution in [-0.4, -0.2) is 96.5 Å². The molecule has 6 heteroatoms. The fourth-order valence-electron chi connectivity index (χ4n) is 2.05. The second kappa shape index (κ2) is 7.05. The molecule has 3 heterocycles. The molecule has 0 bridgehead atoms. The Morgan fingerprint density at radius 2 is 1.65 bits per heavy atom. The summed E-state index contributed by atoms with van der Waals surface area (Å²) in [5.74, 6) is 2.96. The van der Waals surface area contributed by atoms with Crippen LogP contribution in [0.2, 0.25) is 21.8 Å². The van der Waals surface area contributed by atoms with Gasteiger partial charge in [0, 0.05) is 0 Å². The van der Waals surface area contributed by atoms with E-state index >= 15 is 0 Å². The molecule has 0 radical (unpaired) electrons. The van der Waals surface area contributed by atoms with Crippen molar-refractivity contribution in [2.45, 2.75) is 45.1 Å². The Kier molecular flexibility index (Phi) is 6.32. The van der Waals surface area contributed by atoms with Crippen molar-refractivity contribution in [3.63, 3.8) is 0 Å². The molecule has 3 aliphatic rings. The summed E-state index contributed by atoms with van der Waals surface area (Å²) in [6.45, 7) is 0. The van der Waals surface area contributed by atoms with E-state index in [0.717, 1.165) is 48.3 Å². The number of thioether (sulfide) groups is 2. The van der Waals surface area contributed by atoms with Crippen LogP contribution in [-0.2, 0) is 0 Å². The van der Waals surface area contributed by atoms with Crippen molar-refractivity contribution in [3.05, 3.63) is 0 Å². The normalized spacial score (nSPS) is 43.4. The van der Waals surface area contributed by atoms with Gasteiger partial charge in [-0.1, -0.05) is 0 Å². The van der Waals surface area contributed by atoms with E-state index in [2.05, 4.69) is 68.1 Å². The minimum atomic E-state index is 1.01. The van der Waals surface area contributed by atoms with Crippen molar-refractivity contribution in [1.29, 1.82) is 0 Å². The predicted octanol–water partition coefficient (Wildman–Crippen LogP) is 1.75. The number of rotatable bonds is 6. The van der Waals surface area contributed by atoms with E-state index < -0.39 is 0 Å². The molecule has 0 aromatic carbocycles. The monoisotopic (exact) mass is 634 g/mol. The predicted molar refractivity (Wildman–Crippen MR) is 87.3 cm³/mol. The quantitative estimate of drug-likeness (QED) is 0.326. The van der Waals surface area contributed by atoms with Gasteiger partial charge in [-0.15, -0.1) is 0 Å². The van der Waals surface area contributed by atoms with Gasteiger partial charge in [0.2, 0.25) is 0 Å². The van der Waals surface area contributed by atoms with Crippen LogP contribution >= 0.6 is 23.5 Å². The van der Waals surface area contributed by atoms with E-state index in [0.29, 0.717) is 0 Å². The molecule has 0 amide bonds. The topological polar surface area (TPSA) is 0 Å². The summed E-state index contributed by atoms with van der Waals surface area (Å²) in [7, 11) is 0. The fraction of sp³-hybridized carbons (Fsp3) is 1.00. The van der Waals surface area contributed by atoms with Crippen molar-refractivity contribution in [1.82, 2.24) is 0 Å². The standard InChI is InChI=1S/C11H18S2Se2Te2/c16-9(1-6-3-12-6)8-5-14-11(15-8)10(17)2-7-4-13-7/h6-11,16-17H,1-5H2. The Hall–Kier alpha value is 3.32. The molecule has 3 rings (SSSR count). The fourth-order valence-corrected chi connectivity index (χ4v) is 19.4. The van der Waals surface area contributed by atoms with Gasteiger partial charge in [-0.2, -0.15) is 0 Å². The van der Waals surface area contributed by atoms with Gasteiger partial charge in [-0.3, -0.25) is 0 Å². The molecule has 0 N–H and O–H groups in total. The molecule has 3 aliphatic heterocycles. The van der Waals surface area contributed by atoms with Gasteiger partial charge in [-0.05, 0) is 0 Å². The number of hydrogen-bond acceptors (Lipinski definition) is 2. The van der Waals surface area contributed by atoms with Gasteiger partial charge in [-0.25, -0.2) is 0 Å². The van der Waals surface area contributed by atoms with Crippen molar-refractivity contribution in [3.8, 4) is 0 Å². The van der Waals surface area contributed by atoms with Crippen LogP contribution in [0, 0.1) is 0 Å². The van der Waals surface area contributed by atoms with Gasteiger partial charge < -0.3 is 0 Å². The molecule has 0 aliphatic carbocycles. The molecule has 6 atom stereocenters. The van der Waals surface area contributed by atoms with E-state index in [1.54, 1.807) is 18.2 Å². The van der Waals surface area contributed by atoms with Crippen molar-refractivity contribution < 1.29 is 0 Å². The molecule has 0 aromatic rings. The summed E-state index contributed by atoms with van der Waals surface area (Å²) >= 11 is 10.8. The molecule has 98 valence electrons. The Morgan fingerprint density at radius 3 is 2.24 bits per heavy atom. The van der Waals surface area contributed by atoms with E-state index in [9.17, 15) is 0 Å². The second-order valence-electron chi connectivity index (χ2n) is 4.89. The maximum atomic E-state index is 2.20. The van der Waals surface area contributed by atoms with Gasteiger partial charge >= 0.3 is 155 Å². The zero-order valence-corrected chi connectivity index (χ0v) is 19.7. The molecule has 0 spiro atoms. The zero-order chi connectivity index (χ0) is 11.8. The molecular formula is C11H18S2Se2Te2. The van der Waals surface area contributed by atoms with Crippen molar-refractivity contribution in [2.75, 3.05) is 11.5 Å². The summed E-state index contributed by atoms with van der Waals surface area (Å²) < 4.78 is 3.44. The van der Waals surface area contributed by atoms with Gasteiger partial charge in [0.05, 0.1) is 0 Å². The van der Waals surface area contributed by atoms with Crippen LogP contribution in [0.15, 0.2) is 0 Å². The minimum absolute atomic E-state index is 1.01. The van der Waals surface area contributed by atoms with Gasteiger partial charge in [0.15, 0.2) is 0 Å². The van der Waals surface area contributed by atoms with E-state index in [4.69, 9.17) is 0 Å². The molecule has 0 aromatic heterocycles. The second-order valence-corrected chi connectivity index (χ2v) is 18.2. The van der Waals surface area contributed by atoms with E-state index in [-0.39, 0.29) is 0 Å². The third-order valence-corrected chi connectivity index (χ3v) is 21.7. The third kappa shape index (κ3) is 4.92. The molecular weight excluding hydrogens is 609 g/mol. The first-order chi connectivity index (χ1) is 8.22. The summed E-state index contributed by atoms with van der Waals surface area (Å²) in [5, 5.41) is 3.80. The maximum absolute atomic E-state index is 2.20. The molecule has 3 fully saturated rings. The molecule has 3 saturated heterocycles. The molecule has 6 unspecified atom stereocenters. The Morgan fingerprint density at radius 1 is 1.06 bits per heavy atom. The van der Waals surface area contributed by atoms with Gasteiger partial charge in [0.1, 0.15) is 0 Å². The van der Waals surface area contributed by atoms with Crippen molar-refractivity contribution in [2.24, 2.45) is 0 Å². The molecule has 0 saturated carbocycles. The zero-order valence-electron chi connectivity index (χ0n) is 9.53. The average Bonchev–Trinajstić information content (AvgIpc) is 3.22. The number of hydrogen-bond donors (Lipinski definition) is 0. The van der Waals surface area contributed by atoms with Crippen LogP contribution in [0.5, 0.6) is 0 Å². The summed E-state index contributed by atoms with van der Waals surface area (Å²) in [4.78, 5) is 1.19. The SMILES string of the molecule is [TeH]C(CC1CS1)C1C[Se]C(C([TeH])CC2CS2)[Se]1. The first-order valence-corrected chi connectivity index (χ1v) is 15.3. The Bertz CT molecular complexity index is 248.